The van der Waals surface area contributed by atoms with Gasteiger partial charge in [-0.05, 0) is 74.4 Å². The van der Waals surface area contributed by atoms with E-state index in [-0.39, 0.29) is 11.4 Å². The molecule has 0 aliphatic rings. The van der Waals surface area contributed by atoms with Crippen molar-refractivity contribution in [2.24, 2.45) is 0 Å². The molecule has 0 aliphatic heterocycles. The highest BCUT2D eigenvalue weighted by Crippen LogP contribution is 2.25. The molecular weight excluding hydrogens is 420 g/mol. The molecule has 1 amide bonds. The third kappa shape index (κ3) is 5.01. The molecule has 0 saturated carbocycles. The van der Waals surface area contributed by atoms with E-state index < -0.39 is 15.9 Å². The fourth-order valence-corrected chi connectivity index (χ4v) is 4.66. The first kappa shape index (κ1) is 21.9. The lowest BCUT2D eigenvalue weighted by atomic mass is 10.2. The molecule has 0 aromatic heterocycles. The molecular formula is C23H23ClN2O3S. The van der Waals surface area contributed by atoms with Crippen LogP contribution in [0.2, 0.25) is 5.02 Å². The molecule has 1 N–H and O–H groups in total. The van der Waals surface area contributed by atoms with Crippen molar-refractivity contribution in [2.75, 3.05) is 16.2 Å². The average Bonchev–Trinajstić information content (AvgIpc) is 2.68. The lowest BCUT2D eigenvalue weighted by Gasteiger charge is -2.24. The van der Waals surface area contributed by atoms with E-state index in [4.69, 9.17) is 11.6 Å². The molecule has 0 radical (unpaired) electrons. The van der Waals surface area contributed by atoms with Crippen LogP contribution in [-0.2, 0) is 14.8 Å². The third-order valence-electron chi connectivity index (χ3n) is 4.65. The van der Waals surface area contributed by atoms with Crippen LogP contribution in [0.1, 0.15) is 16.7 Å². The molecule has 0 fully saturated rings. The van der Waals surface area contributed by atoms with Crippen molar-refractivity contribution in [3.8, 4) is 0 Å². The summed E-state index contributed by atoms with van der Waals surface area (Å²) in [5, 5.41) is 3.34. The Morgan fingerprint density at radius 3 is 2.27 bits per heavy atom. The van der Waals surface area contributed by atoms with Crippen LogP contribution < -0.4 is 9.62 Å². The van der Waals surface area contributed by atoms with E-state index >= 15 is 0 Å². The van der Waals surface area contributed by atoms with Crippen LogP contribution in [-0.4, -0.2) is 20.9 Å². The topological polar surface area (TPSA) is 66.5 Å². The maximum absolute atomic E-state index is 13.4. The molecule has 30 heavy (non-hydrogen) atoms. The van der Waals surface area contributed by atoms with Gasteiger partial charge in [-0.15, -0.1) is 0 Å². The lowest BCUT2D eigenvalue weighted by Crippen LogP contribution is -2.38. The standard InChI is InChI=1S/C23H23ClN2O3S/c1-16-7-10-21(11-8-16)30(28,29)26(20-6-4-5-17(2)13-20)15-23(27)25-22-12-9-19(24)14-18(22)3/h4-14H,15H2,1-3H3,(H,25,27). The number of nitrogens with zero attached hydrogens (tertiary/aromatic N) is 1. The molecule has 0 bridgehead atoms. The van der Waals surface area contributed by atoms with Crippen molar-refractivity contribution >= 4 is 38.9 Å². The molecule has 0 unspecified atom stereocenters. The lowest BCUT2D eigenvalue weighted by molar-refractivity contribution is -0.114. The third-order valence-corrected chi connectivity index (χ3v) is 6.67. The van der Waals surface area contributed by atoms with Gasteiger partial charge in [-0.25, -0.2) is 8.42 Å². The minimum Gasteiger partial charge on any atom is -0.324 e. The molecule has 0 atom stereocenters. The smallest absolute Gasteiger partial charge is 0.264 e. The predicted molar refractivity (Wildman–Crippen MR) is 122 cm³/mol. The number of anilines is 2. The van der Waals surface area contributed by atoms with E-state index in [1.807, 2.05) is 26.8 Å². The number of aryl methyl sites for hydroxylation is 3. The summed E-state index contributed by atoms with van der Waals surface area (Å²) in [5.41, 5.74) is 3.65. The van der Waals surface area contributed by atoms with Gasteiger partial charge in [0.25, 0.3) is 10.0 Å². The number of hydrogen-bond acceptors (Lipinski definition) is 3. The SMILES string of the molecule is Cc1ccc(S(=O)(=O)N(CC(=O)Nc2ccc(Cl)cc2C)c2cccc(C)c2)cc1. The Labute approximate surface area is 182 Å². The Morgan fingerprint density at radius 1 is 0.933 bits per heavy atom. The summed E-state index contributed by atoms with van der Waals surface area (Å²) in [5.74, 6) is -0.447. The second-order valence-electron chi connectivity index (χ2n) is 7.17. The van der Waals surface area contributed by atoms with Gasteiger partial charge in [0.15, 0.2) is 0 Å². The zero-order chi connectivity index (χ0) is 21.9. The highest BCUT2D eigenvalue weighted by Gasteiger charge is 2.27. The zero-order valence-electron chi connectivity index (χ0n) is 17.0. The van der Waals surface area contributed by atoms with E-state index in [1.165, 1.54) is 0 Å². The monoisotopic (exact) mass is 442 g/mol. The number of benzene rings is 3. The molecule has 3 aromatic carbocycles. The number of amides is 1. The fourth-order valence-electron chi connectivity index (χ4n) is 3.02. The van der Waals surface area contributed by atoms with Crippen LogP contribution in [0.5, 0.6) is 0 Å². The molecule has 0 aliphatic carbocycles. The van der Waals surface area contributed by atoms with E-state index in [1.54, 1.807) is 60.7 Å². The molecule has 0 spiro atoms. The average molecular weight is 443 g/mol. The van der Waals surface area contributed by atoms with Gasteiger partial charge in [0.1, 0.15) is 6.54 Å². The number of carbonyl (C=O) groups is 1. The summed E-state index contributed by atoms with van der Waals surface area (Å²) in [4.78, 5) is 12.9. The van der Waals surface area contributed by atoms with Crippen LogP contribution in [0.3, 0.4) is 0 Å². The van der Waals surface area contributed by atoms with Crippen molar-refractivity contribution in [1.29, 1.82) is 0 Å². The van der Waals surface area contributed by atoms with Gasteiger partial charge >= 0.3 is 0 Å². The van der Waals surface area contributed by atoms with Crippen molar-refractivity contribution in [2.45, 2.75) is 25.7 Å². The van der Waals surface area contributed by atoms with Gasteiger partial charge in [-0.2, -0.15) is 0 Å². The van der Waals surface area contributed by atoms with E-state index in [0.717, 1.165) is 21.0 Å². The molecule has 3 rings (SSSR count). The van der Waals surface area contributed by atoms with Gasteiger partial charge in [0, 0.05) is 10.7 Å². The number of sulfonamides is 1. The number of carbonyl (C=O) groups excluding carboxylic acids is 1. The molecule has 3 aromatic rings. The van der Waals surface area contributed by atoms with Gasteiger partial charge < -0.3 is 5.32 Å². The Bertz CT molecular complexity index is 1180. The maximum Gasteiger partial charge on any atom is 0.264 e. The summed E-state index contributed by atoms with van der Waals surface area (Å²) in [7, 11) is -3.94. The number of halogens is 1. The summed E-state index contributed by atoms with van der Waals surface area (Å²) < 4.78 is 27.9. The first-order valence-electron chi connectivity index (χ1n) is 9.39. The summed E-state index contributed by atoms with van der Waals surface area (Å²) in [6, 6.07) is 18.7. The van der Waals surface area contributed by atoms with Gasteiger partial charge in [0.05, 0.1) is 10.6 Å². The molecule has 5 nitrogen and oxygen atoms in total. The number of hydrogen-bond donors (Lipinski definition) is 1. The first-order chi connectivity index (χ1) is 14.2. The van der Waals surface area contributed by atoms with Crippen LogP contribution in [0.25, 0.3) is 0 Å². The maximum atomic E-state index is 13.4. The van der Waals surface area contributed by atoms with Gasteiger partial charge in [0.2, 0.25) is 5.91 Å². The quantitative estimate of drug-likeness (QED) is 0.577. The van der Waals surface area contributed by atoms with E-state index in [2.05, 4.69) is 5.32 Å². The first-order valence-corrected chi connectivity index (χ1v) is 11.2. The van der Waals surface area contributed by atoms with Crippen molar-refractivity contribution < 1.29 is 13.2 Å². The number of rotatable bonds is 6. The predicted octanol–water partition coefficient (Wildman–Crippen LogP) is 5.10. The highest BCUT2D eigenvalue weighted by atomic mass is 35.5. The van der Waals surface area contributed by atoms with E-state index in [9.17, 15) is 13.2 Å². The molecule has 7 heteroatoms. The molecule has 0 saturated heterocycles. The van der Waals surface area contributed by atoms with Crippen molar-refractivity contribution in [3.63, 3.8) is 0 Å². The van der Waals surface area contributed by atoms with Crippen molar-refractivity contribution in [3.05, 3.63) is 88.4 Å². The second-order valence-corrected chi connectivity index (χ2v) is 9.47. The van der Waals surface area contributed by atoms with Crippen LogP contribution in [0.4, 0.5) is 11.4 Å². The Morgan fingerprint density at radius 2 is 1.63 bits per heavy atom. The molecule has 0 heterocycles. The Balaban J connectivity index is 1.95. The summed E-state index contributed by atoms with van der Waals surface area (Å²) in [6.07, 6.45) is 0. The Kier molecular flexibility index (Phi) is 6.48. The van der Waals surface area contributed by atoms with E-state index in [0.29, 0.717) is 16.4 Å². The van der Waals surface area contributed by atoms with Crippen LogP contribution in [0, 0.1) is 20.8 Å². The minimum absolute atomic E-state index is 0.130. The largest absolute Gasteiger partial charge is 0.324 e. The van der Waals surface area contributed by atoms with Gasteiger partial charge in [-0.3, -0.25) is 9.10 Å². The minimum atomic E-state index is -3.94. The fraction of sp³-hybridized carbons (Fsp3) is 0.174. The van der Waals surface area contributed by atoms with Crippen LogP contribution >= 0.6 is 11.6 Å². The second kappa shape index (κ2) is 8.90. The zero-order valence-corrected chi connectivity index (χ0v) is 18.6. The Hall–Kier alpha value is -2.83. The van der Waals surface area contributed by atoms with Gasteiger partial charge in [-0.1, -0.05) is 41.4 Å². The summed E-state index contributed by atoms with van der Waals surface area (Å²) >= 11 is 5.97. The molecule has 156 valence electrons. The number of nitrogens with one attached hydrogen (secondary N) is 1. The summed E-state index contributed by atoms with van der Waals surface area (Å²) in [6.45, 7) is 5.22. The normalized spacial score (nSPS) is 11.2. The van der Waals surface area contributed by atoms with Crippen LogP contribution in [0.15, 0.2) is 71.6 Å². The highest BCUT2D eigenvalue weighted by molar-refractivity contribution is 7.92. The van der Waals surface area contributed by atoms with Crippen molar-refractivity contribution in [1.82, 2.24) is 0 Å².